The molecule has 0 spiro atoms. The van der Waals surface area contributed by atoms with Crippen LogP contribution in [0.4, 0.5) is 0 Å². The quantitative estimate of drug-likeness (QED) is 0.741. The molecule has 0 atom stereocenters. The van der Waals surface area contributed by atoms with Gasteiger partial charge in [0.15, 0.2) is 0 Å². The maximum absolute atomic E-state index is 13.0. The zero-order valence-electron chi connectivity index (χ0n) is 13.1. The van der Waals surface area contributed by atoms with Gasteiger partial charge >= 0.3 is 0 Å². The summed E-state index contributed by atoms with van der Waals surface area (Å²) in [6.45, 7) is 2.38. The molecule has 2 aromatic rings. The summed E-state index contributed by atoms with van der Waals surface area (Å²) in [5.41, 5.74) is 0. The van der Waals surface area contributed by atoms with Crippen LogP contribution in [0.15, 0.2) is 35.2 Å². The second kappa shape index (κ2) is 7.53. The van der Waals surface area contributed by atoms with Crippen LogP contribution in [0.3, 0.4) is 0 Å². The first-order valence-corrected chi connectivity index (χ1v) is 9.52. The van der Waals surface area contributed by atoms with Crippen molar-refractivity contribution in [3.8, 4) is 11.5 Å². The molecule has 0 aliphatic heterocycles. The number of ether oxygens (including phenoxy) is 2. The van der Waals surface area contributed by atoms with Crippen LogP contribution in [0.5, 0.6) is 11.5 Å². The van der Waals surface area contributed by atoms with Gasteiger partial charge in [-0.25, -0.2) is 8.42 Å². The smallest absolute Gasteiger partial charge is 0.247 e. The summed E-state index contributed by atoms with van der Waals surface area (Å²) in [5.74, 6) is 0.744. The Morgan fingerprint density at radius 3 is 2.43 bits per heavy atom. The molecule has 23 heavy (non-hydrogen) atoms. The number of methoxy groups -OCH3 is 2. The van der Waals surface area contributed by atoms with E-state index in [2.05, 4.69) is 0 Å². The van der Waals surface area contributed by atoms with Crippen molar-refractivity contribution in [2.24, 2.45) is 0 Å². The van der Waals surface area contributed by atoms with Crippen molar-refractivity contribution >= 4 is 33.0 Å². The number of rotatable bonds is 7. The Morgan fingerprint density at radius 2 is 1.91 bits per heavy atom. The third-order valence-electron chi connectivity index (χ3n) is 3.30. The van der Waals surface area contributed by atoms with Crippen LogP contribution < -0.4 is 9.47 Å². The van der Waals surface area contributed by atoms with E-state index in [0.717, 1.165) is 4.88 Å². The van der Waals surface area contributed by atoms with Gasteiger partial charge in [-0.15, -0.1) is 11.3 Å². The molecule has 0 aliphatic carbocycles. The molecular weight excluding hydrogens is 358 g/mol. The van der Waals surface area contributed by atoms with Gasteiger partial charge in [-0.3, -0.25) is 0 Å². The molecule has 0 saturated carbocycles. The van der Waals surface area contributed by atoms with Crippen LogP contribution in [0.1, 0.15) is 11.8 Å². The number of nitrogens with zero attached hydrogens (tertiary/aromatic N) is 1. The Hall–Kier alpha value is -1.28. The number of benzene rings is 1. The average Bonchev–Trinajstić information content (AvgIpc) is 2.96. The first-order chi connectivity index (χ1) is 10.9. The molecule has 0 N–H and O–H groups in total. The maximum Gasteiger partial charge on any atom is 0.247 e. The summed E-state index contributed by atoms with van der Waals surface area (Å²) >= 11 is 7.28. The molecule has 1 aromatic heterocycles. The first kappa shape index (κ1) is 18.1. The van der Waals surface area contributed by atoms with Gasteiger partial charge in [0.1, 0.15) is 16.4 Å². The highest BCUT2D eigenvalue weighted by Gasteiger charge is 2.27. The summed E-state index contributed by atoms with van der Waals surface area (Å²) in [7, 11) is -0.793. The maximum atomic E-state index is 13.0. The van der Waals surface area contributed by atoms with Gasteiger partial charge in [0, 0.05) is 24.0 Å². The fourth-order valence-corrected chi connectivity index (χ4v) is 4.88. The highest BCUT2D eigenvalue weighted by atomic mass is 35.5. The Bertz CT molecular complexity index is 774. The van der Waals surface area contributed by atoms with Crippen LogP contribution in [0.25, 0.3) is 0 Å². The van der Waals surface area contributed by atoms with Crippen molar-refractivity contribution in [1.29, 1.82) is 0 Å². The minimum atomic E-state index is -3.72. The lowest BCUT2D eigenvalue weighted by molar-refractivity contribution is 0.384. The molecule has 0 fully saturated rings. The fourth-order valence-electron chi connectivity index (χ4n) is 2.10. The van der Waals surface area contributed by atoms with Crippen LogP contribution in [-0.4, -0.2) is 33.5 Å². The van der Waals surface area contributed by atoms with Crippen LogP contribution in [0.2, 0.25) is 4.34 Å². The molecule has 1 heterocycles. The predicted molar refractivity (Wildman–Crippen MR) is 92.1 cm³/mol. The second-order valence-corrected chi connectivity index (χ2v) is 8.36. The van der Waals surface area contributed by atoms with Crippen molar-refractivity contribution in [2.45, 2.75) is 18.4 Å². The third kappa shape index (κ3) is 3.98. The molecule has 0 radical (unpaired) electrons. The fraction of sp³-hybridized carbons (Fsp3) is 0.333. The van der Waals surface area contributed by atoms with Crippen molar-refractivity contribution < 1.29 is 17.9 Å². The van der Waals surface area contributed by atoms with E-state index in [9.17, 15) is 8.42 Å². The van der Waals surface area contributed by atoms with Gasteiger partial charge in [-0.05, 0) is 24.3 Å². The van der Waals surface area contributed by atoms with Gasteiger partial charge in [0.2, 0.25) is 10.0 Å². The molecule has 8 heteroatoms. The lowest BCUT2D eigenvalue weighted by Gasteiger charge is -2.21. The van der Waals surface area contributed by atoms with E-state index in [1.807, 2.05) is 6.07 Å². The van der Waals surface area contributed by atoms with E-state index in [1.54, 1.807) is 25.1 Å². The SMILES string of the molecule is CCN(Cc1ccc(Cl)s1)S(=O)(=O)c1cc(OC)ccc1OC. The lowest BCUT2D eigenvalue weighted by atomic mass is 10.3. The molecule has 0 amide bonds. The Kier molecular flexibility index (Phi) is 5.91. The van der Waals surface area contributed by atoms with E-state index in [1.165, 1.54) is 35.9 Å². The van der Waals surface area contributed by atoms with Crippen molar-refractivity contribution in [3.05, 3.63) is 39.5 Å². The van der Waals surface area contributed by atoms with Gasteiger partial charge < -0.3 is 9.47 Å². The molecular formula is C15H18ClNO4S2. The number of halogens is 1. The predicted octanol–water partition coefficient (Wildman–Crippen LogP) is 3.63. The van der Waals surface area contributed by atoms with E-state index >= 15 is 0 Å². The number of thiophene rings is 1. The normalized spacial score (nSPS) is 11.7. The van der Waals surface area contributed by atoms with Crippen LogP contribution >= 0.6 is 22.9 Å². The molecule has 0 aliphatic rings. The topological polar surface area (TPSA) is 55.8 Å². The average molecular weight is 376 g/mol. The molecule has 126 valence electrons. The van der Waals surface area contributed by atoms with Crippen LogP contribution in [0, 0.1) is 0 Å². The van der Waals surface area contributed by atoms with Gasteiger partial charge in [0.05, 0.1) is 18.6 Å². The lowest BCUT2D eigenvalue weighted by Crippen LogP contribution is -2.30. The number of sulfonamides is 1. The second-order valence-electron chi connectivity index (χ2n) is 4.65. The summed E-state index contributed by atoms with van der Waals surface area (Å²) in [4.78, 5) is 0.964. The standard InChI is InChI=1S/C15H18ClNO4S2/c1-4-17(10-12-6-8-15(16)22-12)23(18,19)14-9-11(20-2)5-7-13(14)21-3/h5-9H,4,10H2,1-3H3. The highest BCUT2D eigenvalue weighted by Crippen LogP contribution is 2.32. The van der Waals surface area contributed by atoms with E-state index in [0.29, 0.717) is 16.6 Å². The molecule has 0 unspecified atom stereocenters. The number of hydrogen-bond acceptors (Lipinski definition) is 5. The van der Waals surface area contributed by atoms with Crippen molar-refractivity contribution in [1.82, 2.24) is 4.31 Å². The zero-order chi connectivity index (χ0) is 17.0. The largest absolute Gasteiger partial charge is 0.497 e. The Labute approximate surface area is 145 Å². The number of hydrogen-bond donors (Lipinski definition) is 0. The third-order valence-corrected chi connectivity index (χ3v) is 6.46. The molecule has 0 bridgehead atoms. The van der Waals surface area contributed by atoms with E-state index in [-0.39, 0.29) is 17.2 Å². The molecule has 0 saturated heterocycles. The van der Waals surface area contributed by atoms with E-state index < -0.39 is 10.0 Å². The summed E-state index contributed by atoms with van der Waals surface area (Å²) < 4.78 is 38.3. The van der Waals surface area contributed by atoms with Crippen molar-refractivity contribution in [3.63, 3.8) is 0 Å². The molecule has 5 nitrogen and oxygen atoms in total. The minimum Gasteiger partial charge on any atom is -0.497 e. The molecule has 1 aromatic carbocycles. The van der Waals surface area contributed by atoms with E-state index in [4.69, 9.17) is 21.1 Å². The van der Waals surface area contributed by atoms with Crippen LogP contribution in [-0.2, 0) is 16.6 Å². The zero-order valence-corrected chi connectivity index (χ0v) is 15.5. The Morgan fingerprint density at radius 1 is 1.17 bits per heavy atom. The van der Waals surface area contributed by atoms with Gasteiger partial charge in [0.25, 0.3) is 0 Å². The van der Waals surface area contributed by atoms with Crippen molar-refractivity contribution in [2.75, 3.05) is 20.8 Å². The monoisotopic (exact) mass is 375 g/mol. The summed E-state index contributed by atoms with van der Waals surface area (Å²) in [6.07, 6.45) is 0. The molecule has 2 rings (SSSR count). The summed E-state index contributed by atoms with van der Waals surface area (Å²) in [6, 6.07) is 8.30. The minimum absolute atomic E-state index is 0.0869. The first-order valence-electron chi connectivity index (χ1n) is 6.88. The Balaban J connectivity index is 2.42. The van der Waals surface area contributed by atoms with Gasteiger partial charge in [-0.2, -0.15) is 4.31 Å². The highest BCUT2D eigenvalue weighted by molar-refractivity contribution is 7.89. The summed E-state index contributed by atoms with van der Waals surface area (Å²) in [5, 5.41) is 0. The van der Waals surface area contributed by atoms with Gasteiger partial charge in [-0.1, -0.05) is 18.5 Å².